The molecule has 21 heavy (non-hydrogen) atoms. The highest BCUT2D eigenvalue weighted by Crippen LogP contribution is 2.16. The largest absolute Gasteiger partial charge is 0.493 e. The maximum Gasteiger partial charge on any atom is 0.223 e. The summed E-state index contributed by atoms with van der Waals surface area (Å²) < 4.78 is 5.58. The van der Waals surface area contributed by atoms with Crippen molar-refractivity contribution in [2.75, 3.05) is 26.2 Å². The Hall–Kier alpha value is -1.59. The van der Waals surface area contributed by atoms with Crippen LogP contribution in [0.4, 0.5) is 0 Å². The quantitative estimate of drug-likeness (QED) is 0.724. The highest BCUT2D eigenvalue weighted by atomic mass is 16.5. The van der Waals surface area contributed by atoms with Gasteiger partial charge >= 0.3 is 0 Å². The number of carbonyl (C=O) groups is 1. The summed E-state index contributed by atoms with van der Waals surface area (Å²) >= 11 is 0. The van der Waals surface area contributed by atoms with Crippen LogP contribution in [0.1, 0.15) is 17.5 Å². The number of rotatable bonds is 6. The van der Waals surface area contributed by atoms with E-state index in [-0.39, 0.29) is 17.9 Å². The molecule has 5 nitrogen and oxygen atoms in total. The molecule has 0 bridgehead atoms. The van der Waals surface area contributed by atoms with E-state index in [9.17, 15) is 9.90 Å². The topological polar surface area (TPSA) is 70.6 Å². The van der Waals surface area contributed by atoms with Gasteiger partial charge in [-0.25, -0.2) is 0 Å². The molecule has 0 aromatic heterocycles. The summed E-state index contributed by atoms with van der Waals surface area (Å²) in [5.74, 6) is 0.855. The summed E-state index contributed by atoms with van der Waals surface area (Å²) in [6.07, 6.45) is -0.0412. The van der Waals surface area contributed by atoms with Crippen molar-refractivity contribution in [3.05, 3.63) is 29.3 Å². The standard InChI is InChI=1S/C16H24N2O3/c1-11-3-4-14(7-12(11)2)21-6-5-16(20)18-9-13-8-17-10-15(13)19/h3-4,7,13,15,17,19H,5-6,8-10H2,1-2H3,(H,18,20). The molecule has 1 aromatic carbocycles. The van der Waals surface area contributed by atoms with Gasteiger partial charge < -0.3 is 20.5 Å². The molecule has 1 aromatic rings. The first-order valence-corrected chi connectivity index (χ1v) is 7.42. The minimum atomic E-state index is -0.364. The van der Waals surface area contributed by atoms with E-state index in [4.69, 9.17) is 4.74 Å². The summed E-state index contributed by atoms with van der Waals surface area (Å²) in [6.45, 7) is 6.32. The van der Waals surface area contributed by atoms with Crippen LogP contribution in [0.2, 0.25) is 0 Å². The molecule has 2 atom stereocenters. The summed E-state index contributed by atoms with van der Waals surface area (Å²) in [7, 11) is 0. The fourth-order valence-electron chi connectivity index (χ4n) is 2.33. The lowest BCUT2D eigenvalue weighted by molar-refractivity contribution is -0.121. The second-order valence-corrected chi connectivity index (χ2v) is 5.63. The first kappa shape index (κ1) is 15.8. The molecular formula is C16H24N2O3. The van der Waals surface area contributed by atoms with Crippen LogP contribution >= 0.6 is 0 Å². The number of nitrogens with one attached hydrogen (secondary N) is 2. The second-order valence-electron chi connectivity index (χ2n) is 5.63. The Bertz CT molecular complexity index is 490. The van der Waals surface area contributed by atoms with Crippen LogP contribution < -0.4 is 15.4 Å². The molecular weight excluding hydrogens is 268 g/mol. The zero-order chi connectivity index (χ0) is 15.2. The molecule has 1 heterocycles. The van der Waals surface area contributed by atoms with Crippen LogP contribution in [0.15, 0.2) is 18.2 Å². The summed E-state index contributed by atoms with van der Waals surface area (Å²) in [4.78, 5) is 11.7. The van der Waals surface area contributed by atoms with E-state index in [0.717, 1.165) is 12.3 Å². The van der Waals surface area contributed by atoms with Gasteiger partial charge in [-0.2, -0.15) is 0 Å². The molecule has 1 aliphatic rings. The third-order valence-electron chi connectivity index (χ3n) is 3.94. The van der Waals surface area contributed by atoms with E-state index in [1.54, 1.807) is 0 Å². The first-order chi connectivity index (χ1) is 10.1. The number of aliphatic hydroxyl groups is 1. The molecule has 0 saturated carbocycles. The fourth-order valence-corrected chi connectivity index (χ4v) is 2.33. The van der Waals surface area contributed by atoms with Gasteiger partial charge in [0, 0.05) is 25.6 Å². The molecule has 1 amide bonds. The zero-order valence-corrected chi connectivity index (χ0v) is 12.7. The van der Waals surface area contributed by atoms with Crippen LogP contribution in [-0.4, -0.2) is 43.4 Å². The van der Waals surface area contributed by atoms with Crippen molar-refractivity contribution in [2.45, 2.75) is 26.4 Å². The van der Waals surface area contributed by atoms with Gasteiger partial charge in [-0.1, -0.05) is 6.07 Å². The number of amides is 1. The molecule has 0 radical (unpaired) electrons. The normalized spacial score (nSPS) is 21.3. The Morgan fingerprint density at radius 3 is 2.86 bits per heavy atom. The van der Waals surface area contributed by atoms with E-state index in [1.165, 1.54) is 11.1 Å². The minimum Gasteiger partial charge on any atom is -0.493 e. The monoisotopic (exact) mass is 292 g/mol. The number of aryl methyl sites for hydroxylation is 2. The lowest BCUT2D eigenvalue weighted by Crippen LogP contribution is -2.34. The third kappa shape index (κ3) is 4.72. The smallest absolute Gasteiger partial charge is 0.223 e. The van der Waals surface area contributed by atoms with Crippen molar-refractivity contribution in [2.24, 2.45) is 5.92 Å². The van der Waals surface area contributed by atoms with Crippen molar-refractivity contribution in [3.63, 3.8) is 0 Å². The Morgan fingerprint density at radius 2 is 2.19 bits per heavy atom. The van der Waals surface area contributed by atoms with Crippen molar-refractivity contribution in [3.8, 4) is 5.75 Å². The van der Waals surface area contributed by atoms with Crippen molar-refractivity contribution >= 4 is 5.91 Å². The van der Waals surface area contributed by atoms with E-state index < -0.39 is 0 Å². The molecule has 0 aliphatic carbocycles. The van der Waals surface area contributed by atoms with Crippen molar-refractivity contribution < 1.29 is 14.6 Å². The molecule has 5 heteroatoms. The van der Waals surface area contributed by atoms with Crippen LogP contribution in [0.25, 0.3) is 0 Å². The van der Waals surface area contributed by atoms with Crippen molar-refractivity contribution in [1.82, 2.24) is 10.6 Å². The van der Waals surface area contributed by atoms with Crippen LogP contribution in [0, 0.1) is 19.8 Å². The average Bonchev–Trinajstić information content (AvgIpc) is 2.86. The Kier molecular flexibility index (Phi) is 5.59. The molecule has 1 saturated heterocycles. The first-order valence-electron chi connectivity index (χ1n) is 7.42. The van der Waals surface area contributed by atoms with Gasteiger partial charge in [0.15, 0.2) is 0 Å². The number of hydrogen-bond acceptors (Lipinski definition) is 4. The van der Waals surface area contributed by atoms with Crippen LogP contribution in [0.3, 0.4) is 0 Å². The molecule has 2 rings (SSSR count). The molecule has 2 unspecified atom stereocenters. The Balaban J connectivity index is 1.65. The van der Waals surface area contributed by atoms with Gasteiger partial charge in [-0.3, -0.25) is 4.79 Å². The molecule has 3 N–H and O–H groups in total. The Morgan fingerprint density at radius 1 is 1.38 bits per heavy atom. The van der Waals surface area contributed by atoms with Gasteiger partial charge in [-0.15, -0.1) is 0 Å². The number of aliphatic hydroxyl groups excluding tert-OH is 1. The van der Waals surface area contributed by atoms with Crippen LogP contribution in [0.5, 0.6) is 5.75 Å². The van der Waals surface area contributed by atoms with E-state index in [1.807, 2.05) is 25.1 Å². The maximum absolute atomic E-state index is 11.7. The third-order valence-corrected chi connectivity index (χ3v) is 3.94. The zero-order valence-electron chi connectivity index (χ0n) is 12.7. The van der Waals surface area contributed by atoms with Gasteiger partial charge in [0.2, 0.25) is 5.91 Å². The average molecular weight is 292 g/mol. The molecule has 1 aliphatic heterocycles. The Labute approximate surface area is 125 Å². The number of hydrogen-bond donors (Lipinski definition) is 3. The highest BCUT2D eigenvalue weighted by Gasteiger charge is 2.24. The van der Waals surface area contributed by atoms with Gasteiger partial charge in [-0.05, 0) is 37.1 Å². The predicted octanol–water partition coefficient (Wildman–Crippen LogP) is 0.769. The highest BCUT2D eigenvalue weighted by molar-refractivity contribution is 5.76. The summed E-state index contributed by atoms with van der Waals surface area (Å²) in [5, 5.41) is 15.6. The number of β-amino-alcohol motifs (C(OH)–C–C–N with tert-alkyl or cyclic N) is 1. The molecule has 116 valence electrons. The second kappa shape index (κ2) is 7.43. The van der Waals surface area contributed by atoms with E-state index >= 15 is 0 Å². The van der Waals surface area contributed by atoms with Gasteiger partial charge in [0.05, 0.1) is 19.1 Å². The van der Waals surface area contributed by atoms with Gasteiger partial charge in [0.25, 0.3) is 0 Å². The predicted molar refractivity (Wildman–Crippen MR) is 81.4 cm³/mol. The number of carbonyl (C=O) groups excluding carboxylic acids is 1. The minimum absolute atomic E-state index is 0.0436. The van der Waals surface area contributed by atoms with E-state index in [0.29, 0.717) is 26.1 Å². The summed E-state index contributed by atoms with van der Waals surface area (Å²) in [6, 6.07) is 5.91. The SMILES string of the molecule is Cc1ccc(OCCC(=O)NCC2CNCC2O)cc1C. The fraction of sp³-hybridized carbons (Fsp3) is 0.562. The lowest BCUT2D eigenvalue weighted by Gasteiger charge is -2.14. The number of benzene rings is 1. The molecule has 1 fully saturated rings. The maximum atomic E-state index is 11.7. The lowest BCUT2D eigenvalue weighted by atomic mass is 10.1. The van der Waals surface area contributed by atoms with Gasteiger partial charge in [0.1, 0.15) is 5.75 Å². The van der Waals surface area contributed by atoms with Crippen molar-refractivity contribution in [1.29, 1.82) is 0 Å². The number of ether oxygens (including phenoxy) is 1. The molecule has 0 spiro atoms. The van der Waals surface area contributed by atoms with Crippen LogP contribution in [-0.2, 0) is 4.79 Å². The summed E-state index contributed by atoms with van der Waals surface area (Å²) in [5.41, 5.74) is 2.41. The van der Waals surface area contributed by atoms with E-state index in [2.05, 4.69) is 17.6 Å².